The summed E-state index contributed by atoms with van der Waals surface area (Å²) in [5.41, 5.74) is 0.0301. The van der Waals surface area contributed by atoms with E-state index in [0.29, 0.717) is 19.5 Å². The zero-order valence-corrected chi connectivity index (χ0v) is 13.2. The number of unbranched alkanes of at least 4 members (excludes halogenated alkanes) is 2. The van der Waals surface area contributed by atoms with Crippen LogP contribution in [0.1, 0.15) is 39.5 Å². The third-order valence-corrected chi connectivity index (χ3v) is 2.82. The van der Waals surface area contributed by atoms with Crippen molar-refractivity contribution in [2.24, 2.45) is 5.41 Å². The van der Waals surface area contributed by atoms with Gasteiger partial charge in [-0.3, -0.25) is 4.79 Å². The maximum Gasteiger partial charge on any atom is 0.314 e. The number of rotatable bonds is 10. The number of carbonyl (C=O) groups is 2. The summed E-state index contributed by atoms with van der Waals surface area (Å²) < 4.78 is 0. The van der Waals surface area contributed by atoms with Gasteiger partial charge >= 0.3 is 12.0 Å². The van der Waals surface area contributed by atoms with Crippen molar-refractivity contribution in [1.29, 1.82) is 0 Å². The molecule has 0 aromatic heterocycles. The fraction of sp³-hybridized carbons (Fsp3) is 0.857. The number of aliphatic carboxylic acids is 1. The van der Waals surface area contributed by atoms with Crippen molar-refractivity contribution >= 4 is 12.0 Å². The number of hydrogen-bond acceptors (Lipinski definition) is 3. The van der Waals surface area contributed by atoms with Crippen molar-refractivity contribution < 1.29 is 14.7 Å². The van der Waals surface area contributed by atoms with Crippen LogP contribution < -0.4 is 10.6 Å². The Morgan fingerprint density at radius 3 is 2.30 bits per heavy atom. The first kappa shape index (κ1) is 18.7. The van der Waals surface area contributed by atoms with Gasteiger partial charge in [0.05, 0.1) is 0 Å². The van der Waals surface area contributed by atoms with Gasteiger partial charge in [0.2, 0.25) is 0 Å². The molecule has 0 bridgehead atoms. The minimum atomic E-state index is -0.765. The minimum absolute atomic E-state index is 0.0301. The molecule has 0 saturated heterocycles. The molecule has 0 fully saturated rings. The SMILES string of the molecule is CN(C)CC(C)(C)CNC(=O)NCCCCCC(=O)O. The molecule has 6 heteroatoms. The molecule has 0 aliphatic heterocycles. The van der Waals surface area contributed by atoms with Crippen molar-refractivity contribution in [3.05, 3.63) is 0 Å². The highest BCUT2D eigenvalue weighted by Gasteiger charge is 2.19. The van der Waals surface area contributed by atoms with Crippen LogP contribution in [0.2, 0.25) is 0 Å². The van der Waals surface area contributed by atoms with E-state index >= 15 is 0 Å². The van der Waals surface area contributed by atoms with Crippen molar-refractivity contribution in [3.8, 4) is 0 Å². The number of nitrogens with zero attached hydrogens (tertiary/aromatic N) is 1. The van der Waals surface area contributed by atoms with Gasteiger partial charge < -0.3 is 20.6 Å². The molecule has 0 atom stereocenters. The first-order valence-electron chi connectivity index (χ1n) is 7.11. The number of carboxylic acid groups (broad SMARTS) is 1. The maximum atomic E-state index is 11.6. The second-order valence-electron chi connectivity index (χ2n) is 6.22. The molecule has 118 valence electrons. The van der Waals surface area contributed by atoms with Gasteiger partial charge in [-0.1, -0.05) is 20.3 Å². The van der Waals surface area contributed by atoms with Crippen molar-refractivity contribution in [3.63, 3.8) is 0 Å². The van der Waals surface area contributed by atoms with E-state index in [9.17, 15) is 9.59 Å². The van der Waals surface area contributed by atoms with Crippen LogP contribution >= 0.6 is 0 Å². The molecule has 0 unspecified atom stereocenters. The number of nitrogens with one attached hydrogen (secondary N) is 2. The molecule has 0 aromatic carbocycles. The first-order chi connectivity index (χ1) is 9.23. The number of hydrogen-bond donors (Lipinski definition) is 3. The molecule has 2 amide bonds. The fourth-order valence-electron chi connectivity index (χ4n) is 2.07. The molecular formula is C14H29N3O3. The van der Waals surface area contributed by atoms with Gasteiger partial charge in [-0.2, -0.15) is 0 Å². The lowest BCUT2D eigenvalue weighted by molar-refractivity contribution is -0.137. The van der Waals surface area contributed by atoms with E-state index in [0.717, 1.165) is 19.4 Å². The number of carbonyl (C=O) groups excluding carboxylic acids is 1. The third-order valence-electron chi connectivity index (χ3n) is 2.82. The van der Waals surface area contributed by atoms with Crippen molar-refractivity contribution in [2.75, 3.05) is 33.7 Å². The van der Waals surface area contributed by atoms with Gasteiger partial charge in [0.1, 0.15) is 0 Å². The first-order valence-corrected chi connectivity index (χ1v) is 7.11. The zero-order chi connectivity index (χ0) is 15.6. The second-order valence-corrected chi connectivity index (χ2v) is 6.22. The molecular weight excluding hydrogens is 258 g/mol. The maximum absolute atomic E-state index is 11.6. The monoisotopic (exact) mass is 287 g/mol. The van der Waals surface area contributed by atoms with Gasteiger partial charge in [-0.15, -0.1) is 0 Å². The predicted molar refractivity (Wildman–Crippen MR) is 79.8 cm³/mol. The second kappa shape index (κ2) is 9.58. The molecule has 0 spiro atoms. The van der Waals surface area contributed by atoms with E-state index in [1.807, 2.05) is 14.1 Å². The normalized spacial score (nSPS) is 11.4. The van der Waals surface area contributed by atoms with Crippen LogP contribution in [-0.2, 0) is 4.79 Å². The van der Waals surface area contributed by atoms with Crippen LogP contribution in [0.3, 0.4) is 0 Å². The highest BCUT2D eigenvalue weighted by Crippen LogP contribution is 2.13. The van der Waals surface area contributed by atoms with Gasteiger partial charge in [0, 0.05) is 26.1 Å². The molecule has 6 nitrogen and oxygen atoms in total. The lowest BCUT2D eigenvalue weighted by Crippen LogP contribution is -2.44. The van der Waals surface area contributed by atoms with Gasteiger partial charge in [0.15, 0.2) is 0 Å². The van der Waals surface area contributed by atoms with Gasteiger partial charge in [0.25, 0.3) is 0 Å². The van der Waals surface area contributed by atoms with Gasteiger partial charge in [-0.05, 0) is 32.4 Å². The lowest BCUT2D eigenvalue weighted by atomic mass is 9.93. The summed E-state index contributed by atoms with van der Waals surface area (Å²) in [4.78, 5) is 24.0. The van der Waals surface area contributed by atoms with E-state index in [1.165, 1.54) is 0 Å². The quantitative estimate of drug-likeness (QED) is 0.532. The smallest absolute Gasteiger partial charge is 0.314 e. The Kier molecular flexibility index (Phi) is 8.96. The Labute approximate surface area is 121 Å². The average Bonchev–Trinajstić information content (AvgIpc) is 2.29. The summed E-state index contributed by atoms with van der Waals surface area (Å²) >= 11 is 0. The topological polar surface area (TPSA) is 81.7 Å². The van der Waals surface area contributed by atoms with Crippen LogP contribution in [0.15, 0.2) is 0 Å². The molecule has 0 aliphatic carbocycles. The Balaban J connectivity index is 3.61. The van der Waals surface area contributed by atoms with E-state index in [-0.39, 0.29) is 17.9 Å². The summed E-state index contributed by atoms with van der Waals surface area (Å²) in [7, 11) is 4.03. The van der Waals surface area contributed by atoms with Crippen LogP contribution in [-0.4, -0.2) is 55.7 Å². The Bertz CT molecular complexity index is 304. The number of amides is 2. The van der Waals surface area contributed by atoms with E-state index in [4.69, 9.17) is 5.11 Å². The summed E-state index contributed by atoms with van der Waals surface area (Å²) in [6.07, 6.45) is 2.49. The Morgan fingerprint density at radius 1 is 1.10 bits per heavy atom. The van der Waals surface area contributed by atoms with Crippen LogP contribution in [0.25, 0.3) is 0 Å². The summed E-state index contributed by atoms with van der Waals surface area (Å²) in [5.74, 6) is -0.765. The Morgan fingerprint density at radius 2 is 1.75 bits per heavy atom. The van der Waals surface area contributed by atoms with Crippen molar-refractivity contribution in [1.82, 2.24) is 15.5 Å². The number of carboxylic acids is 1. The zero-order valence-electron chi connectivity index (χ0n) is 13.2. The molecule has 0 saturated carbocycles. The summed E-state index contributed by atoms with van der Waals surface area (Å²) in [6.45, 7) is 6.33. The van der Waals surface area contributed by atoms with E-state index < -0.39 is 5.97 Å². The summed E-state index contributed by atoms with van der Waals surface area (Å²) in [6, 6.07) is -0.157. The highest BCUT2D eigenvalue weighted by atomic mass is 16.4. The fourth-order valence-corrected chi connectivity index (χ4v) is 2.07. The summed E-state index contributed by atoms with van der Waals surface area (Å²) in [5, 5.41) is 14.1. The Hall–Kier alpha value is -1.30. The van der Waals surface area contributed by atoms with E-state index in [1.54, 1.807) is 0 Å². The van der Waals surface area contributed by atoms with Crippen LogP contribution in [0, 0.1) is 5.41 Å². The predicted octanol–water partition coefficient (Wildman–Crippen LogP) is 1.52. The van der Waals surface area contributed by atoms with E-state index in [2.05, 4.69) is 29.4 Å². The van der Waals surface area contributed by atoms with Crippen LogP contribution in [0.4, 0.5) is 4.79 Å². The molecule has 3 N–H and O–H groups in total. The standard InChI is InChI=1S/C14H29N3O3/c1-14(2,11-17(3)4)10-16-13(20)15-9-7-5-6-8-12(18)19/h5-11H2,1-4H3,(H,18,19)(H2,15,16,20). The van der Waals surface area contributed by atoms with Crippen molar-refractivity contribution in [2.45, 2.75) is 39.5 Å². The van der Waals surface area contributed by atoms with Gasteiger partial charge in [-0.25, -0.2) is 4.79 Å². The minimum Gasteiger partial charge on any atom is -0.481 e. The van der Waals surface area contributed by atoms with Crippen LogP contribution in [0.5, 0.6) is 0 Å². The average molecular weight is 287 g/mol. The third kappa shape index (κ3) is 11.8. The molecule has 0 rings (SSSR count). The molecule has 20 heavy (non-hydrogen) atoms. The lowest BCUT2D eigenvalue weighted by Gasteiger charge is -2.28. The molecule has 0 aromatic rings. The largest absolute Gasteiger partial charge is 0.481 e. The highest BCUT2D eigenvalue weighted by molar-refractivity contribution is 5.73. The molecule has 0 radical (unpaired) electrons. The number of urea groups is 1. The molecule has 0 heterocycles. The molecule has 0 aliphatic rings.